The molecular formula is C11H20N2OS. The van der Waals surface area contributed by atoms with Crippen molar-refractivity contribution in [1.29, 1.82) is 0 Å². The molecule has 1 aromatic heterocycles. The molecule has 0 aromatic carbocycles. The standard InChI is InChI=1S/C11H20N2OS/c1-9(2)13-5-4-12-11(13)8-15-7-10(3)6-14/h4-5,9-10,14H,6-8H2,1-3H3. The second-order valence-corrected chi connectivity index (χ2v) is 5.18. The summed E-state index contributed by atoms with van der Waals surface area (Å²) in [6, 6.07) is 0.471. The Morgan fingerprint density at radius 3 is 2.80 bits per heavy atom. The zero-order valence-corrected chi connectivity index (χ0v) is 10.5. The van der Waals surface area contributed by atoms with Gasteiger partial charge in [-0.3, -0.25) is 0 Å². The van der Waals surface area contributed by atoms with E-state index in [-0.39, 0.29) is 6.61 Å². The quantitative estimate of drug-likeness (QED) is 0.812. The topological polar surface area (TPSA) is 38.1 Å². The van der Waals surface area contributed by atoms with Crippen molar-refractivity contribution in [3.05, 3.63) is 18.2 Å². The number of imidazole rings is 1. The lowest BCUT2D eigenvalue weighted by Gasteiger charge is -2.12. The number of aliphatic hydroxyl groups excluding tert-OH is 1. The van der Waals surface area contributed by atoms with E-state index in [1.165, 1.54) is 0 Å². The van der Waals surface area contributed by atoms with Crippen LogP contribution in [-0.2, 0) is 5.75 Å². The molecule has 1 rings (SSSR count). The van der Waals surface area contributed by atoms with Gasteiger partial charge in [-0.05, 0) is 25.5 Å². The molecule has 1 N–H and O–H groups in total. The molecule has 0 aliphatic rings. The van der Waals surface area contributed by atoms with Crippen molar-refractivity contribution in [3.8, 4) is 0 Å². The largest absolute Gasteiger partial charge is 0.396 e. The Hall–Kier alpha value is -0.480. The summed E-state index contributed by atoms with van der Waals surface area (Å²) in [6.45, 7) is 6.64. The molecule has 0 spiro atoms. The van der Waals surface area contributed by atoms with Crippen molar-refractivity contribution >= 4 is 11.8 Å². The van der Waals surface area contributed by atoms with Crippen LogP contribution in [0.3, 0.4) is 0 Å². The van der Waals surface area contributed by atoms with Crippen LogP contribution in [0.25, 0.3) is 0 Å². The highest BCUT2D eigenvalue weighted by atomic mass is 32.2. The molecule has 0 amide bonds. The highest BCUT2D eigenvalue weighted by Crippen LogP contribution is 2.16. The average molecular weight is 228 g/mol. The van der Waals surface area contributed by atoms with E-state index in [1.807, 2.05) is 24.2 Å². The van der Waals surface area contributed by atoms with Crippen LogP contribution in [0, 0.1) is 5.92 Å². The maximum absolute atomic E-state index is 8.90. The fraction of sp³-hybridized carbons (Fsp3) is 0.727. The summed E-state index contributed by atoms with van der Waals surface area (Å²) in [7, 11) is 0. The Morgan fingerprint density at radius 2 is 2.20 bits per heavy atom. The van der Waals surface area contributed by atoms with Gasteiger partial charge in [0.2, 0.25) is 0 Å². The van der Waals surface area contributed by atoms with Crippen molar-refractivity contribution in [1.82, 2.24) is 9.55 Å². The Kier molecular flexibility index (Phi) is 5.19. The predicted octanol–water partition coefficient (Wildman–Crippen LogP) is 2.33. The first-order chi connectivity index (χ1) is 7.15. The Morgan fingerprint density at radius 1 is 1.47 bits per heavy atom. The molecule has 0 radical (unpaired) electrons. The van der Waals surface area contributed by atoms with Gasteiger partial charge in [-0.25, -0.2) is 4.98 Å². The van der Waals surface area contributed by atoms with Gasteiger partial charge < -0.3 is 9.67 Å². The molecule has 0 saturated heterocycles. The van der Waals surface area contributed by atoms with Crippen molar-refractivity contribution < 1.29 is 5.11 Å². The summed E-state index contributed by atoms with van der Waals surface area (Å²) in [5.74, 6) is 3.41. The van der Waals surface area contributed by atoms with Gasteiger partial charge in [-0.2, -0.15) is 11.8 Å². The molecule has 1 heterocycles. The van der Waals surface area contributed by atoms with E-state index in [0.29, 0.717) is 12.0 Å². The zero-order chi connectivity index (χ0) is 11.3. The van der Waals surface area contributed by atoms with Crippen molar-refractivity contribution in [2.75, 3.05) is 12.4 Å². The van der Waals surface area contributed by atoms with E-state index < -0.39 is 0 Å². The van der Waals surface area contributed by atoms with Crippen molar-refractivity contribution in [2.24, 2.45) is 5.92 Å². The molecule has 0 aliphatic carbocycles. The van der Waals surface area contributed by atoms with Crippen molar-refractivity contribution in [2.45, 2.75) is 32.6 Å². The first kappa shape index (κ1) is 12.6. The molecule has 1 unspecified atom stereocenters. The average Bonchev–Trinajstić information content (AvgIpc) is 2.65. The van der Waals surface area contributed by atoms with E-state index in [0.717, 1.165) is 17.3 Å². The number of thioether (sulfide) groups is 1. The molecule has 0 bridgehead atoms. The molecule has 15 heavy (non-hydrogen) atoms. The van der Waals surface area contributed by atoms with Gasteiger partial charge in [-0.15, -0.1) is 0 Å². The monoisotopic (exact) mass is 228 g/mol. The molecule has 0 fully saturated rings. The van der Waals surface area contributed by atoms with Crippen molar-refractivity contribution in [3.63, 3.8) is 0 Å². The summed E-state index contributed by atoms with van der Waals surface area (Å²) in [5.41, 5.74) is 0. The van der Waals surface area contributed by atoms with E-state index >= 15 is 0 Å². The van der Waals surface area contributed by atoms with Crippen LogP contribution < -0.4 is 0 Å². The maximum atomic E-state index is 8.90. The molecule has 86 valence electrons. The molecule has 1 atom stereocenters. The van der Waals surface area contributed by atoms with Gasteiger partial charge >= 0.3 is 0 Å². The lowest BCUT2D eigenvalue weighted by Crippen LogP contribution is -2.07. The second kappa shape index (κ2) is 6.18. The molecule has 1 aromatic rings. The molecule has 3 nitrogen and oxygen atoms in total. The SMILES string of the molecule is CC(CO)CSCc1nccn1C(C)C. The highest BCUT2D eigenvalue weighted by Gasteiger charge is 2.06. The smallest absolute Gasteiger partial charge is 0.118 e. The lowest BCUT2D eigenvalue weighted by atomic mass is 10.2. The zero-order valence-electron chi connectivity index (χ0n) is 9.68. The van der Waals surface area contributed by atoms with Crippen LogP contribution in [0.2, 0.25) is 0 Å². The Balaban J connectivity index is 2.40. The van der Waals surface area contributed by atoms with Crippen LogP contribution in [0.1, 0.15) is 32.6 Å². The van der Waals surface area contributed by atoms with E-state index in [2.05, 4.69) is 30.3 Å². The third kappa shape index (κ3) is 3.87. The minimum absolute atomic E-state index is 0.269. The summed E-state index contributed by atoms with van der Waals surface area (Å²) >= 11 is 1.83. The van der Waals surface area contributed by atoms with Gasteiger partial charge in [-0.1, -0.05) is 6.92 Å². The highest BCUT2D eigenvalue weighted by molar-refractivity contribution is 7.98. The Labute approximate surface area is 95.9 Å². The third-order valence-electron chi connectivity index (χ3n) is 2.25. The minimum Gasteiger partial charge on any atom is -0.396 e. The maximum Gasteiger partial charge on any atom is 0.118 e. The van der Waals surface area contributed by atoms with Crippen LogP contribution in [0.4, 0.5) is 0 Å². The van der Waals surface area contributed by atoms with Crippen LogP contribution in [0.5, 0.6) is 0 Å². The third-order valence-corrected chi connectivity index (χ3v) is 3.52. The molecule has 0 saturated carbocycles. The summed E-state index contributed by atoms with van der Waals surface area (Å²) < 4.78 is 2.19. The fourth-order valence-electron chi connectivity index (χ4n) is 1.33. The van der Waals surface area contributed by atoms with Gasteiger partial charge in [0.25, 0.3) is 0 Å². The van der Waals surface area contributed by atoms with E-state index in [1.54, 1.807) is 0 Å². The summed E-state index contributed by atoms with van der Waals surface area (Å²) in [5, 5.41) is 8.90. The number of hydrogen-bond donors (Lipinski definition) is 1. The normalized spacial score (nSPS) is 13.4. The number of rotatable bonds is 6. The first-order valence-electron chi connectivity index (χ1n) is 5.35. The van der Waals surface area contributed by atoms with Crippen LogP contribution in [-0.4, -0.2) is 27.0 Å². The lowest BCUT2D eigenvalue weighted by molar-refractivity contribution is 0.250. The summed E-state index contributed by atoms with van der Waals surface area (Å²) in [4.78, 5) is 4.34. The van der Waals surface area contributed by atoms with Gasteiger partial charge in [0, 0.05) is 25.0 Å². The van der Waals surface area contributed by atoms with E-state index in [4.69, 9.17) is 5.11 Å². The van der Waals surface area contributed by atoms with Gasteiger partial charge in [0.1, 0.15) is 5.82 Å². The first-order valence-corrected chi connectivity index (χ1v) is 6.51. The van der Waals surface area contributed by atoms with Gasteiger partial charge in [0.05, 0.1) is 5.75 Å². The number of hydrogen-bond acceptors (Lipinski definition) is 3. The minimum atomic E-state index is 0.269. The van der Waals surface area contributed by atoms with Crippen LogP contribution in [0.15, 0.2) is 12.4 Å². The van der Waals surface area contributed by atoms with E-state index in [9.17, 15) is 0 Å². The predicted molar refractivity (Wildman–Crippen MR) is 65.0 cm³/mol. The van der Waals surface area contributed by atoms with Gasteiger partial charge in [0.15, 0.2) is 0 Å². The second-order valence-electron chi connectivity index (χ2n) is 4.15. The van der Waals surface area contributed by atoms with Crippen LogP contribution >= 0.6 is 11.8 Å². The fourth-order valence-corrected chi connectivity index (χ4v) is 2.36. The molecule has 4 heteroatoms. The number of aliphatic hydroxyl groups is 1. The summed E-state index contributed by atoms with van der Waals surface area (Å²) in [6.07, 6.45) is 3.88. The molecule has 0 aliphatic heterocycles. The molecular weight excluding hydrogens is 208 g/mol. The number of nitrogens with zero attached hydrogens (tertiary/aromatic N) is 2. The Bertz CT molecular complexity index is 286. The number of aromatic nitrogens is 2.